The van der Waals surface area contributed by atoms with E-state index in [1.165, 1.54) is 4.57 Å². The summed E-state index contributed by atoms with van der Waals surface area (Å²) in [4.78, 5) is 45.3. The third-order valence-corrected chi connectivity index (χ3v) is 5.41. The first kappa shape index (κ1) is 21.5. The lowest BCUT2D eigenvalue weighted by atomic mass is 10.1. The molecule has 10 nitrogen and oxygen atoms in total. The molecule has 0 N–H and O–H groups in total. The molecule has 168 valence electrons. The van der Waals surface area contributed by atoms with Gasteiger partial charge in [0, 0.05) is 0 Å². The van der Waals surface area contributed by atoms with Gasteiger partial charge in [0.1, 0.15) is 29.6 Å². The number of benzene rings is 1. The number of rotatable bonds is 5. The average molecular weight is 440 g/mol. The van der Waals surface area contributed by atoms with Gasteiger partial charge in [0.15, 0.2) is 0 Å². The van der Waals surface area contributed by atoms with E-state index in [2.05, 4.69) is 10.1 Å². The summed E-state index contributed by atoms with van der Waals surface area (Å²) >= 11 is 0. The van der Waals surface area contributed by atoms with Crippen LogP contribution in [0.5, 0.6) is 5.75 Å². The van der Waals surface area contributed by atoms with Gasteiger partial charge in [-0.2, -0.15) is 4.98 Å². The number of aromatic nitrogens is 3. The molecule has 2 aromatic heterocycles. The van der Waals surface area contributed by atoms with E-state index < -0.39 is 17.6 Å². The Bertz CT molecular complexity index is 1260. The number of hydrogen-bond acceptors (Lipinski definition) is 8. The van der Waals surface area contributed by atoms with Crippen LogP contribution in [0, 0.1) is 13.8 Å². The Morgan fingerprint density at radius 3 is 2.75 bits per heavy atom. The fourth-order valence-corrected chi connectivity index (χ4v) is 3.93. The lowest BCUT2D eigenvalue weighted by Gasteiger charge is -2.33. The summed E-state index contributed by atoms with van der Waals surface area (Å²) in [5, 5.41) is 3.58. The van der Waals surface area contributed by atoms with Gasteiger partial charge in [-0.05, 0) is 44.9 Å². The lowest BCUT2D eigenvalue weighted by molar-refractivity contribution is -0.122. The molecule has 1 amide bonds. The molecule has 0 aliphatic carbocycles. The average Bonchev–Trinajstić information content (AvgIpc) is 3.20. The molecule has 32 heavy (non-hydrogen) atoms. The van der Waals surface area contributed by atoms with Gasteiger partial charge in [-0.3, -0.25) is 14.2 Å². The highest BCUT2D eigenvalue weighted by Crippen LogP contribution is 2.34. The Balaban J connectivity index is 1.82. The van der Waals surface area contributed by atoms with Gasteiger partial charge in [-0.1, -0.05) is 18.1 Å². The monoisotopic (exact) mass is 440 g/mol. The minimum absolute atomic E-state index is 0.0681. The number of esters is 1. The highest BCUT2D eigenvalue weighted by atomic mass is 16.5. The molecule has 0 unspecified atom stereocenters. The van der Waals surface area contributed by atoms with Crippen LogP contribution in [0.25, 0.3) is 11.1 Å². The van der Waals surface area contributed by atoms with Crippen LogP contribution in [-0.2, 0) is 9.53 Å². The van der Waals surface area contributed by atoms with Crippen LogP contribution < -0.4 is 15.2 Å². The third-order valence-electron chi connectivity index (χ3n) is 5.41. The maximum Gasteiger partial charge on any atom is 0.361 e. The molecule has 0 saturated heterocycles. The Labute approximate surface area is 183 Å². The van der Waals surface area contributed by atoms with Gasteiger partial charge < -0.3 is 18.9 Å². The van der Waals surface area contributed by atoms with Gasteiger partial charge in [-0.15, -0.1) is 0 Å². The van der Waals surface area contributed by atoms with E-state index in [1.54, 1.807) is 18.7 Å². The summed E-state index contributed by atoms with van der Waals surface area (Å²) in [7, 11) is 0. The van der Waals surface area contributed by atoms with Crippen LogP contribution in [-0.4, -0.2) is 46.3 Å². The molecule has 1 aliphatic rings. The van der Waals surface area contributed by atoms with Crippen LogP contribution in [0.2, 0.25) is 0 Å². The summed E-state index contributed by atoms with van der Waals surface area (Å²) in [5.41, 5.74) is 0.760. The molecule has 0 bridgehead atoms. The third kappa shape index (κ3) is 3.51. The molecule has 0 saturated carbocycles. The number of fused-ring (bicyclic) bond motifs is 2. The SMILES string of the molecule is CCOC(=O)c1noc2nc(C)n([C@@H](CC)C(=O)N3CCOc4ccc(C)cc43)c(=O)c12. The molecule has 3 aromatic rings. The van der Waals surface area contributed by atoms with Gasteiger partial charge in [0.05, 0.1) is 18.8 Å². The molecule has 0 spiro atoms. The van der Waals surface area contributed by atoms with Crippen molar-refractivity contribution in [3.8, 4) is 5.75 Å². The summed E-state index contributed by atoms with van der Waals surface area (Å²) in [6, 6.07) is 4.80. The van der Waals surface area contributed by atoms with Gasteiger partial charge in [0.2, 0.25) is 11.6 Å². The first-order valence-corrected chi connectivity index (χ1v) is 10.5. The van der Waals surface area contributed by atoms with E-state index in [9.17, 15) is 14.4 Å². The number of carbonyl (C=O) groups excluding carboxylic acids is 2. The smallest absolute Gasteiger partial charge is 0.361 e. The molecule has 0 fully saturated rings. The second kappa shape index (κ2) is 8.45. The zero-order valence-corrected chi connectivity index (χ0v) is 18.4. The van der Waals surface area contributed by atoms with E-state index in [0.717, 1.165) is 5.56 Å². The van der Waals surface area contributed by atoms with Crippen LogP contribution in [0.3, 0.4) is 0 Å². The standard InChI is InChI=1S/C22H24N4O6/c1-5-14(20(27)25-9-10-31-16-8-7-12(3)11-15(16)25)26-13(4)23-19-17(21(26)28)18(24-32-19)22(29)30-6-2/h7-8,11,14H,5-6,9-10H2,1-4H3/t14-/m0/s1. The second-order valence-corrected chi connectivity index (χ2v) is 7.50. The quantitative estimate of drug-likeness (QED) is 0.556. The molecular weight excluding hydrogens is 416 g/mol. The van der Waals surface area contributed by atoms with Gasteiger partial charge in [-0.25, -0.2) is 4.79 Å². The van der Waals surface area contributed by atoms with Crippen molar-refractivity contribution >= 4 is 28.7 Å². The summed E-state index contributed by atoms with van der Waals surface area (Å²) < 4.78 is 17.1. The summed E-state index contributed by atoms with van der Waals surface area (Å²) in [6.45, 7) is 7.83. The zero-order chi connectivity index (χ0) is 23.0. The highest BCUT2D eigenvalue weighted by molar-refractivity contribution is 6.00. The van der Waals surface area contributed by atoms with E-state index in [4.69, 9.17) is 14.0 Å². The molecule has 3 heterocycles. The number of ether oxygens (including phenoxy) is 2. The number of aryl methyl sites for hydroxylation is 2. The Kier molecular flexibility index (Phi) is 5.68. The number of anilines is 1. The minimum Gasteiger partial charge on any atom is -0.490 e. The molecule has 1 aliphatic heterocycles. The second-order valence-electron chi connectivity index (χ2n) is 7.50. The fraction of sp³-hybridized carbons (Fsp3) is 0.409. The van der Waals surface area contributed by atoms with E-state index in [0.29, 0.717) is 31.0 Å². The van der Waals surface area contributed by atoms with Gasteiger partial charge >= 0.3 is 5.97 Å². The Hall–Kier alpha value is -3.69. The van der Waals surface area contributed by atoms with Crippen molar-refractivity contribution in [2.75, 3.05) is 24.7 Å². The van der Waals surface area contributed by atoms with Crippen molar-refractivity contribution in [3.05, 3.63) is 45.6 Å². The molecule has 4 rings (SSSR count). The van der Waals surface area contributed by atoms with E-state index >= 15 is 0 Å². The van der Waals surface area contributed by atoms with Gasteiger partial charge in [0.25, 0.3) is 11.3 Å². The topological polar surface area (TPSA) is 117 Å². The fourth-order valence-electron chi connectivity index (χ4n) is 3.93. The first-order valence-electron chi connectivity index (χ1n) is 10.5. The van der Waals surface area contributed by atoms with Crippen molar-refractivity contribution < 1.29 is 23.6 Å². The van der Waals surface area contributed by atoms with Crippen molar-refractivity contribution in [2.24, 2.45) is 0 Å². The predicted octanol–water partition coefficient (Wildman–Crippen LogP) is 2.55. The molecule has 1 atom stereocenters. The van der Waals surface area contributed by atoms with Crippen molar-refractivity contribution in [1.29, 1.82) is 0 Å². The molecule has 0 radical (unpaired) electrons. The zero-order valence-electron chi connectivity index (χ0n) is 18.4. The van der Waals surface area contributed by atoms with Crippen LogP contribution in [0.1, 0.15) is 48.2 Å². The molecule has 1 aromatic carbocycles. The highest BCUT2D eigenvalue weighted by Gasteiger charge is 2.33. The maximum atomic E-state index is 13.7. The van der Waals surface area contributed by atoms with Crippen LogP contribution in [0.15, 0.2) is 27.5 Å². The lowest BCUT2D eigenvalue weighted by Crippen LogP contribution is -2.44. The number of carbonyl (C=O) groups is 2. The summed E-state index contributed by atoms with van der Waals surface area (Å²) in [5.74, 6) is -0.140. The van der Waals surface area contributed by atoms with Crippen molar-refractivity contribution in [1.82, 2.24) is 14.7 Å². The number of nitrogens with zero attached hydrogens (tertiary/aromatic N) is 4. The largest absolute Gasteiger partial charge is 0.490 e. The Morgan fingerprint density at radius 2 is 2.03 bits per heavy atom. The molecule has 10 heteroatoms. The molecular formula is C22H24N4O6. The predicted molar refractivity (Wildman–Crippen MR) is 115 cm³/mol. The van der Waals surface area contributed by atoms with E-state index in [-0.39, 0.29) is 35.1 Å². The van der Waals surface area contributed by atoms with Crippen molar-refractivity contribution in [2.45, 2.75) is 40.2 Å². The Morgan fingerprint density at radius 1 is 1.25 bits per heavy atom. The number of amides is 1. The minimum atomic E-state index is -0.837. The van der Waals surface area contributed by atoms with Crippen LogP contribution in [0.4, 0.5) is 5.69 Å². The summed E-state index contributed by atoms with van der Waals surface area (Å²) in [6.07, 6.45) is 0.339. The maximum absolute atomic E-state index is 13.7. The van der Waals surface area contributed by atoms with Crippen molar-refractivity contribution in [3.63, 3.8) is 0 Å². The number of hydrogen-bond donors (Lipinski definition) is 0. The normalized spacial score (nSPS) is 14.1. The van der Waals surface area contributed by atoms with E-state index in [1.807, 2.05) is 32.0 Å². The van der Waals surface area contributed by atoms with Crippen LogP contribution >= 0.6 is 0 Å². The first-order chi connectivity index (χ1) is 15.4.